The van der Waals surface area contributed by atoms with E-state index in [1.165, 1.54) is 24.3 Å². The minimum Gasteiger partial charge on any atom is -0.491 e. The molecule has 2 N–H and O–H groups in total. The Morgan fingerprint density at radius 3 is 2.86 bits per heavy atom. The summed E-state index contributed by atoms with van der Waals surface area (Å²) in [7, 11) is 1.67. The number of methoxy groups -OCH3 is 1. The van der Waals surface area contributed by atoms with E-state index in [1.54, 1.807) is 7.11 Å². The Labute approximate surface area is 166 Å². The molecule has 0 amide bonds. The number of hydrogen-bond donors (Lipinski definition) is 2. The van der Waals surface area contributed by atoms with E-state index in [0.717, 1.165) is 32.0 Å². The molecule has 1 aliphatic rings. The van der Waals surface area contributed by atoms with Gasteiger partial charge in [0.25, 0.3) is 0 Å². The van der Waals surface area contributed by atoms with Crippen molar-refractivity contribution in [2.24, 2.45) is 10.9 Å². The second-order valence-corrected chi connectivity index (χ2v) is 6.78. The maximum atomic E-state index is 12.9. The molecule has 158 valence electrons. The molecule has 1 aromatic carbocycles. The Bertz CT molecular complexity index is 585. The number of guanidine groups is 1. The van der Waals surface area contributed by atoms with Crippen molar-refractivity contribution in [3.63, 3.8) is 0 Å². The van der Waals surface area contributed by atoms with Crippen LogP contribution in [-0.2, 0) is 9.47 Å². The quantitative estimate of drug-likeness (QED) is 0.335. The van der Waals surface area contributed by atoms with Crippen molar-refractivity contribution >= 4 is 5.96 Å². The van der Waals surface area contributed by atoms with Gasteiger partial charge in [0.15, 0.2) is 5.96 Å². The normalized spacial score (nSPS) is 18.4. The molecule has 0 aliphatic carbocycles. The number of likely N-dealkylation sites (tertiary alicyclic amines) is 1. The molecule has 1 heterocycles. The van der Waals surface area contributed by atoms with Crippen LogP contribution in [0, 0.1) is 11.7 Å². The summed E-state index contributed by atoms with van der Waals surface area (Å²) in [6.07, 6.45) is 0.308. The summed E-state index contributed by atoms with van der Waals surface area (Å²) < 4.78 is 29.0. The maximum absolute atomic E-state index is 12.9. The van der Waals surface area contributed by atoms with E-state index < -0.39 is 6.10 Å². The fourth-order valence-electron chi connectivity index (χ4n) is 2.95. The van der Waals surface area contributed by atoms with Crippen LogP contribution in [0.15, 0.2) is 29.3 Å². The highest BCUT2D eigenvalue weighted by Crippen LogP contribution is 2.17. The number of halogens is 1. The van der Waals surface area contributed by atoms with Crippen molar-refractivity contribution in [1.29, 1.82) is 0 Å². The van der Waals surface area contributed by atoms with Gasteiger partial charge in [0, 0.05) is 32.7 Å². The third kappa shape index (κ3) is 8.00. The third-order valence-electron chi connectivity index (χ3n) is 4.41. The Morgan fingerprint density at radius 1 is 1.36 bits per heavy atom. The van der Waals surface area contributed by atoms with Gasteiger partial charge in [0.05, 0.1) is 26.4 Å². The van der Waals surface area contributed by atoms with Crippen LogP contribution < -0.4 is 10.1 Å². The molecule has 1 aliphatic heterocycles. The van der Waals surface area contributed by atoms with Crippen LogP contribution >= 0.6 is 0 Å². The Balaban J connectivity index is 1.76. The number of aliphatic imine (C=N–C) groups is 1. The first kappa shape index (κ1) is 22.4. The molecule has 1 saturated heterocycles. The molecule has 8 heteroatoms. The Morgan fingerprint density at radius 2 is 2.14 bits per heavy atom. The summed E-state index contributed by atoms with van der Waals surface area (Å²) in [6.45, 7) is 6.83. The maximum Gasteiger partial charge on any atom is 0.194 e. The van der Waals surface area contributed by atoms with Gasteiger partial charge in [-0.1, -0.05) is 0 Å². The summed E-state index contributed by atoms with van der Waals surface area (Å²) in [5, 5.41) is 13.4. The lowest BCUT2D eigenvalue weighted by Gasteiger charge is -2.22. The topological polar surface area (TPSA) is 75.6 Å². The van der Waals surface area contributed by atoms with Gasteiger partial charge < -0.3 is 29.5 Å². The first-order valence-electron chi connectivity index (χ1n) is 9.78. The molecule has 0 bridgehead atoms. The molecule has 0 aromatic heterocycles. The first-order chi connectivity index (χ1) is 13.6. The molecule has 0 saturated carbocycles. The number of hydrogen-bond acceptors (Lipinski definition) is 5. The van der Waals surface area contributed by atoms with Crippen LogP contribution in [-0.4, -0.2) is 81.8 Å². The van der Waals surface area contributed by atoms with Crippen molar-refractivity contribution in [2.75, 3.05) is 59.7 Å². The van der Waals surface area contributed by atoms with Gasteiger partial charge >= 0.3 is 0 Å². The average molecular weight is 397 g/mol. The molecule has 2 rings (SSSR count). The van der Waals surface area contributed by atoms with E-state index >= 15 is 0 Å². The Hall–Kier alpha value is -1.90. The van der Waals surface area contributed by atoms with Crippen LogP contribution in [0.25, 0.3) is 0 Å². The smallest absolute Gasteiger partial charge is 0.194 e. The zero-order chi connectivity index (χ0) is 20.2. The van der Waals surface area contributed by atoms with Crippen molar-refractivity contribution in [1.82, 2.24) is 10.2 Å². The zero-order valence-corrected chi connectivity index (χ0v) is 16.8. The number of ether oxygens (including phenoxy) is 3. The van der Waals surface area contributed by atoms with Crippen LogP contribution in [0.4, 0.5) is 4.39 Å². The number of nitrogens with zero attached hydrogens (tertiary/aromatic N) is 2. The summed E-state index contributed by atoms with van der Waals surface area (Å²) in [5.41, 5.74) is 0. The van der Waals surface area contributed by atoms with Gasteiger partial charge in [-0.25, -0.2) is 4.39 Å². The van der Waals surface area contributed by atoms with Crippen molar-refractivity contribution in [2.45, 2.75) is 19.4 Å². The predicted molar refractivity (Wildman–Crippen MR) is 106 cm³/mol. The monoisotopic (exact) mass is 397 g/mol. The molecule has 1 fully saturated rings. The number of benzene rings is 1. The summed E-state index contributed by atoms with van der Waals surface area (Å²) >= 11 is 0. The number of aliphatic hydroxyl groups is 1. The van der Waals surface area contributed by atoms with E-state index in [9.17, 15) is 9.50 Å². The lowest BCUT2D eigenvalue weighted by Crippen LogP contribution is -2.41. The summed E-state index contributed by atoms with van der Waals surface area (Å²) in [4.78, 5) is 6.74. The summed E-state index contributed by atoms with van der Waals surface area (Å²) in [6, 6.07) is 5.72. The van der Waals surface area contributed by atoms with Crippen LogP contribution in [0.5, 0.6) is 5.75 Å². The molecule has 7 nitrogen and oxygen atoms in total. The highest BCUT2D eigenvalue weighted by atomic mass is 19.1. The second-order valence-electron chi connectivity index (χ2n) is 6.78. The van der Waals surface area contributed by atoms with Gasteiger partial charge in [0.2, 0.25) is 0 Å². The minimum absolute atomic E-state index is 0.102. The second kappa shape index (κ2) is 12.5. The van der Waals surface area contributed by atoms with E-state index in [1.807, 2.05) is 6.92 Å². The fourth-order valence-corrected chi connectivity index (χ4v) is 2.95. The van der Waals surface area contributed by atoms with Gasteiger partial charge in [-0.3, -0.25) is 4.99 Å². The molecule has 0 spiro atoms. The lowest BCUT2D eigenvalue weighted by atomic mass is 10.1. The molecular weight excluding hydrogens is 365 g/mol. The SMILES string of the molecule is CCNC(=NCC(O)COc1ccc(F)cc1)N1CCC(COCCOC)C1. The largest absolute Gasteiger partial charge is 0.491 e. The lowest BCUT2D eigenvalue weighted by molar-refractivity contribution is 0.0536. The average Bonchev–Trinajstić information content (AvgIpc) is 3.17. The molecule has 2 unspecified atom stereocenters. The molecule has 2 atom stereocenters. The van der Waals surface area contributed by atoms with Crippen LogP contribution in [0.2, 0.25) is 0 Å². The van der Waals surface area contributed by atoms with E-state index in [2.05, 4.69) is 15.2 Å². The Kier molecular flexibility index (Phi) is 10.0. The molecular formula is C20H32FN3O4. The highest BCUT2D eigenvalue weighted by Gasteiger charge is 2.25. The predicted octanol–water partition coefficient (Wildman–Crippen LogP) is 1.52. The molecule has 0 radical (unpaired) electrons. The van der Waals surface area contributed by atoms with Crippen LogP contribution in [0.1, 0.15) is 13.3 Å². The van der Waals surface area contributed by atoms with Crippen molar-refractivity contribution < 1.29 is 23.7 Å². The van der Waals surface area contributed by atoms with Crippen molar-refractivity contribution in [3.8, 4) is 5.75 Å². The zero-order valence-electron chi connectivity index (χ0n) is 16.8. The van der Waals surface area contributed by atoms with Gasteiger partial charge in [-0.05, 0) is 37.6 Å². The van der Waals surface area contributed by atoms with Gasteiger partial charge in [0.1, 0.15) is 24.3 Å². The minimum atomic E-state index is -0.741. The number of nitrogens with one attached hydrogen (secondary N) is 1. The fraction of sp³-hybridized carbons (Fsp3) is 0.650. The first-order valence-corrected chi connectivity index (χ1v) is 9.78. The highest BCUT2D eigenvalue weighted by molar-refractivity contribution is 5.80. The van der Waals surface area contributed by atoms with Gasteiger partial charge in [-0.15, -0.1) is 0 Å². The number of rotatable bonds is 11. The molecule has 28 heavy (non-hydrogen) atoms. The van der Waals surface area contributed by atoms with E-state index in [4.69, 9.17) is 14.2 Å². The molecule has 1 aromatic rings. The van der Waals surface area contributed by atoms with Crippen LogP contribution in [0.3, 0.4) is 0 Å². The van der Waals surface area contributed by atoms with Gasteiger partial charge in [-0.2, -0.15) is 0 Å². The summed E-state index contributed by atoms with van der Waals surface area (Å²) in [5.74, 6) is 1.46. The van der Waals surface area contributed by atoms with E-state index in [0.29, 0.717) is 31.5 Å². The number of aliphatic hydroxyl groups excluding tert-OH is 1. The third-order valence-corrected chi connectivity index (χ3v) is 4.41. The standard InChI is InChI=1S/C20H32FN3O4/c1-3-22-20(24-9-8-16(13-24)14-27-11-10-26-2)23-12-18(25)15-28-19-6-4-17(21)5-7-19/h4-7,16,18,25H,3,8-15H2,1-2H3,(H,22,23). The van der Waals surface area contributed by atoms with Crippen molar-refractivity contribution in [3.05, 3.63) is 30.1 Å². The van der Waals surface area contributed by atoms with E-state index in [-0.39, 0.29) is 19.0 Å².